The Morgan fingerprint density at radius 2 is 1.85 bits per heavy atom. The molecule has 102 valence electrons. The Morgan fingerprint density at radius 1 is 1.15 bits per heavy atom. The van der Waals surface area contributed by atoms with E-state index in [-0.39, 0.29) is 11.5 Å². The van der Waals surface area contributed by atoms with Crippen LogP contribution >= 0.6 is 0 Å². The lowest BCUT2D eigenvalue weighted by molar-refractivity contribution is -0.384. The summed E-state index contributed by atoms with van der Waals surface area (Å²) in [7, 11) is 0. The van der Waals surface area contributed by atoms with Gasteiger partial charge in [-0.1, -0.05) is 36.4 Å². The van der Waals surface area contributed by atoms with E-state index >= 15 is 0 Å². The molecule has 0 heterocycles. The van der Waals surface area contributed by atoms with Crippen LogP contribution in [0.15, 0.2) is 54.6 Å². The fourth-order valence-electron chi connectivity index (χ4n) is 1.94. The molecule has 0 saturated heterocycles. The normalized spacial score (nSPS) is 11.7. The summed E-state index contributed by atoms with van der Waals surface area (Å²) in [5.74, 6) is -0.0530. The Kier molecular flexibility index (Phi) is 4.10. The highest BCUT2D eigenvalue weighted by Crippen LogP contribution is 2.23. The lowest BCUT2D eigenvalue weighted by Gasteiger charge is -2.17. The number of nitro benzene ring substituents is 1. The van der Waals surface area contributed by atoms with Crippen molar-refractivity contribution in [2.45, 2.75) is 13.0 Å². The molecule has 0 fully saturated rings. The first-order valence-electron chi connectivity index (χ1n) is 6.14. The molecule has 0 aliphatic heterocycles. The fraction of sp³-hybridized carbons (Fsp3) is 0.133. The van der Waals surface area contributed by atoms with Gasteiger partial charge in [0.15, 0.2) is 5.78 Å². The maximum atomic E-state index is 11.8. The predicted molar refractivity (Wildman–Crippen MR) is 76.6 cm³/mol. The molecule has 0 aliphatic carbocycles. The third kappa shape index (κ3) is 3.20. The molecule has 5 heteroatoms. The highest BCUT2D eigenvalue weighted by atomic mass is 16.6. The summed E-state index contributed by atoms with van der Waals surface area (Å²) >= 11 is 0. The van der Waals surface area contributed by atoms with Crippen LogP contribution in [-0.2, 0) is 4.79 Å². The standard InChI is InChI=1S/C15H14N2O3/c1-11(18)15(12-6-3-2-4-7-12)16-13-8-5-9-14(10-13)17(19)20/h2-10,15-16H,1H3. The van der Waals surface area contributed by atoms with Gasteiger partial charge < -0.3 is 5.32 Å². The topological polar surface area (TPSA) is 72.2 Å². The maximum Gasteiger partial charge on any atom is 0.271 e. The highest BCUT2D eigenvalue weighted by Gasteiger charge is 2.17. The molecule has 2 rings (SSSR count). The summed E-state index contributed by atoms with van der Waals surface area (Å²) in [5, 5.41) is 13.8. The van der Waals surface area contributed by atoms with E-state index in [1.165, 1.54) is 19.1 Å². The van der Waals surface area contributed by atoms with Crippen LogP contribution in [-0.4, -0.2) is 10.7 Å². The van der Waals surface area contributed by atoms with Crippen LogP contribution in [0, 0.1) is 10.1 Å². The number of non-ortho nitro benzene ring substituents is 1. The Morgan fingerprint density at radius 3 is 2.45 bits per heavy atom. The van der Waals surface area contributed by atoms with Crippen LogP contribution in [0.4, 0.5) is 11.4 Å². The summed E-state index contributed by atoms with van der Waals surface area (Å²) in [6, 6.07) is 14.9. The number of nitro groups is 1. The molecule has 0 amide bonds. The zero-order chi connectivity index (χ0) is 14.5. The Hall–Kier alpha value is -2.69. The molecule has 0 aliphatic rings. The zero-order valence-corrected chi connectivity index (χ0v) is 10.9. The molecule has 0 bridgehead atoms. The Bertz CT molecular complexity index is 626. The third-order valence-electron chi connectivity index (χ3n) is 2.91. The van der Waals surface area contributed by atoms with E-state index < -0.39 is 11.0 Å². The number of Topliss-reactive ketones (excluding diaryl/α,β-unsaturated/α-hetero) is 1. The van der Waals surface area contributed by atoms with Gasteiger partial charge in [0.1, 0.15) is 6.04 Å². The second-order valence-corrected chi connectivity index (χ2v) is 4.41. The molecule has 2 aromatic rings. The molecule has 1 unspecified atom stereocenters. The number of hydrogen-bond donors (Lipinski definition) is 1. The first kappa shape index (κ1) is 13.7. The Balaban J connectivity index is 2.27. The smallest absolute Gasteiger partial charge is 0.271 e. The van der Waals surface area contributed by atoms with Crippen LogP contribution in [0.2, 0.25) is 0 Å². The van der Waals surface area contributed by atoms with Crippen LogP contribution in [0.25, 0.3) is 0 Å². The second-order valence-electron chi connectivity index (χ2n) is 4.41. The van der Waals surface area contributed by atoms with E-state index in [1.807, 2.05) is 30.3 Å². The van der Waals surface area contributed by atoms with E-state index in [1.54, 1.807) is 12.1 Å². The number of anilines is 1. The van der Waals surface area contributed by atoms with Crippen molar-refractivity contribution in [3.05, 3.63) is 70.3 Å². The maximum absolute atomic E-state index is 11.8. The molecule has 1 atom stereocenters. The molecule has 0 aromatic heterocycles. The monoisotopic (exact) mass is 270 g/mol. The third-order valence-corrected chi connectivity index (χ3v) is 2.91. The van der Waals surface area contributed by atoms with Gasteiger partial charge in [0.25, 0.3) is 5.69 Å². The number of nitrogens with zero attached hydrogens (tertiary/aromatic N) is 1. The molecule has 2 aromatic carbocycles. The SMILES string of the molecule is CC(=O)C(Nc1cccc([N+](=O)[O-])c1)c1ccccc1. The summed E-state index contributed by atoms with van der Waals surface area (Å²) in [6.07, 6.45) is 0. The molecule has 20 heavy (non-hydrogen) atoms. The number of benzene rings is 2. The average molecular weight is 270 g/mol. The number of rotatable bonds is 5. The van der Waals surface area contributed by atoms with Gasteiger partial charge in [-0.25, -0.2) is 0 Å². The fourth-order valence-corrected chi connectivity index (χ4v) is 1.94. The first-order valence-corrected chi connectivity index (χ1v) is 6.14. The lowest BCUT2D eigenvalue weighted by Crippen LogP contribution is -2.18. The van der Waals surface area contributed by atoms with Gasteiger partial charge in [0.05, 0.1) is 4.92 Å². The minimum Gasteiger partial charge on any atom is -0.371 e. The van der Waals surface area contributed by atoms with Crippen LogP contribution in [0.1, 0.15) is 18.5 Å². The van der Waals surface area contributed by atoms with Gasteiger partial charge >= 0.3 is 0 Å². The van der Waals surface area contributed by atoms with Gasteiger partial charge in [-0.05, 0) is 18.6 Å². The van der Waals surface area contributed by atoms with E-state index in [0.29, 0.717) is 5.69 Å². The number of hydrogen-bond acceptors (Lipinski definition) is 4. The van der Waals surface area contributed by atoms with Crippen LogP contribution in [0.5, 0.6) is 0 Å². The lowest BCUT2D eigenvalue weighted by atomic mass is 10.0. The van der Waals surface area contributed by atoms with Gasteiger partial charge in [-0.3, -0.25) is 14.9 Å². The molecule has 0 radical (unpaired) electrons. The van der Waals surface area contributed by atoms with Gasteiger partial charge in [0, 0.05) is 17.8 Å². The number of nitrogens with one attached hydrogen (secondary N) is 1. The van der Waals surface area contributed by atoms with Crippen molar-refractivity contribution in [3.8, 4) is 0 Å². The van der Waals surface area contributed by atoms with E-state index in [4.69, 9.17) is 0 Å². The number of ketones is 1. The van der Waals surface area contributed by atoms with Crippen molar-refractivity contribution in [3.63, 3.8) is 0 Å². The van der Waals surface area contributed by atoms with Crippen molar-refractivity contribution >= 4 is 17.2 Å². The predicted octanol–water partition coefficient (Wildman–Crippen LogP) is 3.34. The van der Waals surface area contributed by atoms with Crippen molar-refractivity contribution < 1.29 is 9.72 Å². The van der Waals surface area contributed by atoms with E-state index in [9.17, 15) is 14.9 Å². The van der Waals surface area contributed by atoms with Crippen molar-refractivity contribution in [2.24, 2.45) is 0 Å². The highest BCUT2D eigenvalue weighted by molar-refractivity contribution is 5.85. The molecular formula is C15H14N2O3. The Labute approximate surface area is 116 Å². The minimum absolute atomic E-state index is 0.00892. The first-order chi connectivity index (χ1) is 9.58. The van der Waals surface area contributed by atoms with E-state index in [0.717, 1.165) is 5.56 Å². The molecule has 5 nitrogen and oxygen atoms in total. The molecule has 1 N–H and O–H groups in total. The largest absolute Gasteiger partial charge is 0.371 e. The van der Waals surface area contributed by atoms with Crippen molar-refractivity contribution in [2.75, 3.05) is 5.32 Å². The average Bonchev–Trinajstić information content (AvgIpc) is 2.45. The quantitative estimate of drug-likeness (QED) is 0.668. The van der Waals surface area contributed by atoms with Crippen LogP contribution in [0.3, 0.4) is 0 Å². The summed E-state index contributed by atoms with van der Waals surface area (Å²) < 4.78 is 0. The summed E-state index contributed by atoms with van der Waals surface area (Å²) in [6.45, 7) is 1.49. The van der Waals surface area contributed by atoms with Gasteiger partial charge in [0.2, 0.25) is 0 Å². The van der Waals surface area contributed by atoms with Crippen LogP contribution < -0.4 is 5.32 Å². The summed E-state index contributed by atoms with van der Waals surface area (Å²) in [5.41, 5.74) is 1.36. The van der Waals surface area contributed by atoms with Gasteiger partial charge in [-0.15, -0.1) is 0 Å². The van der Waals surface area contributed by atoms with E-state index in [2.05, 4.69) is 5.32 Å². The number of carbonyl (C=O) groups is 1. The second kappa shape index (κ2) is 5.97. The minimum atomic E-state index is -0.516. The van der Waals surface area contributed by atoms with Crippen molar-refractivity contribution in [1.82, 2.24) is 0 Å². The van der Waals surface area contributed by atoms with Crippen molar-refractivity contribution in [1.29, 1.82) is 0 Å². The zero-order valence-electron chi connectivity index (χ0n) is 10.9. The summed E-state index contributed by atoms with van der Waals surface area (Å²) in [4.78, 5) is 22.1. The molecular weight excluding hydrogens is 256 g/mol. The molecule has 0 spiro atoms. The van der Waals surface area contributed by atoms with Gasteiger partial charge in [-0.2, -0.15) is 0 Å². The molecule has 0 saturated carbocycles. The number of carbonyl (C=O) groups excluding carboxylic acids is 1.